The van der Waals surface area contributed by atoms with Crippen molar-refractivity contribution in [2.24, 2.45) is 10.9 Å². The van der Waals surface area contributed by atoms with E-state index in [2.05, 4.69) is 20.5 Å². The Kier molecular flexibility index (Phi) is 5.67. The lowest BCUT2D eigenvalue weighted by Gasteiger charge is -2.17. The number of aromatic nitrogens is 2. The fourth-order valence-electron chi connectivity index (χ4n) is 2.20. The van der Waals surface area contributed by atoms with Gasteiger partial charge in [-0.25, -0.2) is 4.99 Å². The second kappa shape index (κ2) is 7.71. The highest BCUT2D eigenvalue weighted by Gasteiger charge is 2.28. The summed E-state index contributed by atoms with van der Waals surface area (Å²) in [5.74, 6) is -1.75. The molecule has 1 unspecified atom stereocenters. The van der Waals surface area contributed by atoms with Gasteiger partial charge in [0.2, 0.25) is 5.91 Å². The molecule has 2 aromatic rings. The van der Waals surface area contributed by atoms with Crippen LogP contribution in [0.1, 0.15) is 23.5 Å². The predicted octanol–water partition coefficient (Wildman–Crippen LogP) is 2.08. The van der Waals surface area contributed by atoms with Gasteiger partial charge in [0.15, 0.2) is 0 Å². The van der Waals surface area contributed by atoms with Crippen molar-refractivity contribution in [2.45, 2.75) is 13.0 Å². The van der Waals surface area contributed by atoms with Crippen molar-refractivity contribution < 1.29 is 9.59 Å². The smallest absolute Gasteiger partial charge is 0.262 e. The van der Waals surface area contributed by atoms with E-state index in [0.29, 0.717) is 10.7 Å². The number of rotatable bonds is 4. The average molecular weight is 343 g/mol. The van der Waals surface area contributed by atoms with Crippen LogP contribution in [0.4, 0.5) is 0 Å². The van der Waals surface area contributed by atoms with Crippen molar-refractivity contribution >= 4 is 28.9 Å². The number of allylic oxidation sites excluding steroid dienone is 1. The van der Waals surface area contributed by atoms with Gasteiger partial charge in [-0.2, -0.15) is 0 Å². The first-order chi connectivity index (χ1) is 11.1. The monoisotopic (exact) mass is 343 g/mol. The Morgan fingerprint density at radius 3 is 2.67 bits per heavy atom. The number of benzene rings is 1. The average Bonchev–Trinajstić information content (AvgIpc) is 3.10. The molecule has 8 heteroatoms. The van der Waals surface area contributed by atoms with E-state index in [1.54, 1.807) is 24.6 Å². The summed E-state index contributed by atoms with van der Waals surface area (Å²) in [5, 5.41) is 11.1. The first-order valence-corrected chi connectivity index (χ1v) is 7.95. The third-order valence-corrected chi connectivity index (χ3v) is 4.28. The van der Waals surface area contributed by atoms with Gasteiger partial charge in [-0.1, -0.05) is 36.4 Å². The van der Waals surface area contributed by atoms with Gasteiger partial charge < -0.3 is 11.5 Å². The van der Waals surface area contributed by atoms with Crippen molar-refractivity contribution in [1.82, 2.24) is 21.7 Å². The summed E-state index contributed by atoms with van der Waals surface area (Å²) in [6.07, 6.45) is 3.29. The van der Waals surface area contributed by atoms with Crippen LogP contribution in [0.2, 0.25) is 0 Å². The molecule has 0 spiro atoms. The maximum atomic E-state index is 12.3. The van der Waals surface area contributed by atoms with Crippen LogP contribution in [0.5, 0.6) is 0 Å². The number of amides is 2. The molecule has 0 bridgehead atoms. The summed E-state index contributed by atoms with van der Waals surface area (Å²) < 4.78 is 0. The summed E-state index contributed by atoms with van der Waals surface area (Å²) >= 11 is 1.35. The van der Waals surface area contributed by atoms with Gasteiger partial charge >= 0.3 is 0 Å². The standard InChI is InChI=1S/C16H14N4O2S.H3N/c1-10(16-20-17-9-23-16)18-14(21)12-7-8-13(19-15(12)22)11-5-3-2-4-6-11;/h2-10,12H,1H3,(H,18,21);1H3/t10-,12?;/m0./s1. The van der Waals surface area contributed by atoms with E-state index in [-0.39, 0.29) is 18.1 Å². The van der Waals surface area contributed by atoms with Crippen LogP contribution in [0.3, 0.4) is 0 Å². The molecular formula is C16H17N5O2S. The molecule has 1 aromatic carbocycles. The van der Waals surface area contributed by atoms with Gasteiger partial charge in [0.25, 0.3) is 5.91 Å². The Hall–Kier alpha value is -2.71. The van der Waals surface area contributed by atoms with Crippen LogP contribution in [0.25, 0.3) is 0 Å². The minimum atomic E-state index is -0.905. The second-order valence-electron chi connectivity index (χ2n) is 5.05. The van der Waals surface area contributed by atoms with Crippen molar-refractivity contribution in [1.29, 1.82) is 0 Å². The van der Waals surface area contributed by atoms with Crippen LogP contribution >= 0.6 is 11.3 Å². The molecule has 1 aliphatic heterocycles. The SMILES string of the molecule is C[C@H](NC(=O)C1C=CC(c2ccccc2)=NC1=O)c1nncs1.N. The van der Waals surface area contributed by atoms with Gasteiger partial charge in [0, 0.05) is 5.56 Å². The lowest BCUT2D eigenvalue weighted by molar-refractivity contribution is -0.131. The van der Waals surface area contributed by atoms with Gasteiger partial charge in [-0.3, -0.25) is 9.59 Å². The third-order valence-electron chi connectivity index (χ3n) is 3.40. The predicted molar refractivity (Wildman–Crippen MR) is 92.1 cm³/mol. The second-order valence-corrected chi connectivity index (χ2v) is 5.91. The van der Waals surface area contributed by atoms with Crippen molar-refractivity contribution in [3.05, 3.63) is 58.6 Å². The molecule has 3 rings (SSSR count). The molecular weight excluding hydrogens is 326 g/mol. The largest absolute Gasteiger partial charge is 0.346 e. The Morgan fingerprint density at radius 1 is 1.29 bits per heavy atom. The maximum absolute atomic E-state index is 12.3. The van der Waals surface area contributed by atoms with E-state index in [4.69, 9.17) is 0 Å². The van der Waals surface area contributed by atoms with Crippen molar-refractivity contribution in [2.75, 3.05) is 0 Å². The number of hydrogen-bond acceptors (Lipinski definition) is 6. The zero-order chi connectivity index (χ0) is 16.2. The highest BCUT2D eigenvalue weighted by atomic mass is 32.1. The number of dihydropyridines is 1. The molecule has 0 fully saturated rings. The van der Waals surface area contributed by atoms with Crippen LogP contribution in [-0.2, 0) is 9.59 Å². The summed E-state index contributed by atoms with van der Waals surface area (Å²) in [5.41, 5.74) is 3.01. The van der Waals surface area contributed by atoms with Gasteiger partial charge in [0.1, 0.15) is 16.4 Å². The molecule has 0 saturated heterocycles. The first kappa shape index (κ1) is 17.6. The minimum absolute atomic E-state index is 0. The van der Waals surface area contributed by atoms with E-state index in [1.165, 1.54) is 11.3 Å². The Balaban J connectivity index is 0.00000208. The molecule has 24 heavy (non-hydrogen) atoms. The van der Waals surface area contributed by atoms with E-state index < -0.39 is 11.8 Å². The fraction of sp³-hybridized carbons (Fsp3) is 0.188. The lowest BCUT2D eigenvalue weighted by atomic mass is 10.0. The topological polar surface area (TPSA) is 119 Å². The molecule has 0 saturated carbocycles. The third kappa shape index (κ3) is 3.79. The molecule has 1 aromatic heterocycles. The van der Waals surface area contributed by atoms with Gasteiger partial charge in [-0.05, 0) is 13.0 Å². The lowest BCUT2D eigenvalue weighted by Crippen LogP contribution is -2.36. The Bertz CT molecular complexity index is 771. The molecule has 7 nitrogen and oxygen atoms in total. The Labute approximate surface area is 143 Å². The van der Waals surface area contributed by atoms with Gasteiger partial charge in [0.05, 0.1) is 11.8 Å². The molecule has 0 radical (unpaired) electrons. The first-order valence-electron chi connectivity index (χ1n) is 7.08. The zero-order valence-corrected chi connectivity index (χ0v) is 13.9. The molecule has 0 aliphatic carbocycles. The quantitative estimate of drug-likeness (QED) is 0.824. The van der Waals surface area contributed by atoms with Crippen molar-refractivity contribution in [3.8, 4) is 0 Å². The van der Waals surface area contributed by atoms with Crippen LogP contribution in [-0.4, -0.2) is 27.7 Å². The highest BCUT2D eigenvalue weighted by molar-refractivity contribution is 7.09. The number of aliphatic imine (C=N–C) groups is 1. The molecule has 124 valence electrons. The summed E-state index contributed by atoms with van der Waals surface area (Å²) in [7, 11) is 0. The van der Waals surface area contributed by atoms with E-state index in [1.807, 2.05) is 30.3 Å². The highest BCUT2D eigenvalue weighted by Crippen LogP contribution is 2.17. The summed E-state index contributed by atoms with van der Waals surface area (Å²) in [6, 6.07) is 9.08. The minimum Gasteiger partial charge on any atom is -0.346 e. The molecule has 2 atom stereocenters. The van der Waals surface area contributed by atoms with Crippen LogP contribution < -0.4 is 11.5 Å². The number of nitrogens with zero attached hydrogens (tertiary/aromatic N) is 3. The number of carbonyl (C=O) groups excluding carboxylic acids is 2. The number of nitrogens with one attached hydrogen (secondary N) is 1. The van der Waals surface area contributed by atoms with E-state index in [9.17, 15) is 9.59 Å². The van der Waals surface area contributed by atoms with Gasteiger partial charge in [-0.15, -0.1) is 21.5 Å². The molecule has 4 N–H and O–H groups in total. The molecule has 2 heterocycles. The molecule has 1 aliphatic rings. The molecule has 2 amide bonds. The van der Waals surface area contributed by atoms with Crippen LogP contribution in [0.15, 0.2) is 53.0 Å². The van der Waals surface area contributed by atoms with Crippen LogP contribution in [0, 0.1) is 5.92 Å². The maximum Gasteiger partial charge on any atom is 0.262 e. The van der Waals surface area contributed by atoms with Crippen molar-refractivity contribution in [3.63, 3.8) is 0 Å². The summed E-state index contributed by atoms with van der Waals surface area (Å²) in [6.45, 7) is 1.80. The number of hydrogen-bond donors (Lipinski definition) is 2. The number of carbonyl (C=O) groups is 2. The normalized spacial score (nSPS) is 17.6. The Morgan fingerprint density at radius 2 is 2.04 bits per heavy atom. The zero-order valence-electron chi connectivity index (χ0n) is 13.0. The van der Waals surface area contributed by atoms with E-state index >= 15 is 0 Å². The van der Waals surface area contributed by atoms with E-state index in [0.717, 1.165) is 5.56 Å². The summed E-state index contributed by atoms with van der Waals surface area (Å²) in [4.78, 5) is 28.5. The fourth-order valence-corrected chi connectivity index (χ4v) is 2.76.